The number of hydrogen-bond acceptors (Lipinski definition) is 4. The highest BCUT2D eigenvalue weighted by atomic mass is 35.5. The van der Waals surface area contributed by atoms with Gasteiger partial charge in [-0.25, -0.2) is 9.78 Å². The average molecular weight is 272 g/mol. The lowest BCUT2D eigenvalue weighted by molar-refractivity contribution is 0.0530. The molecule has 0 aliphatic heterocycles. The lowest BCUT2D eigenvalue weighted by Gasteiger charge is -2.19. The number of hydrogen-bond donors (Lipinski definition) is 2. The Labute approximate surface area is 112 Å². The molecule has 0 bridgehead atoms. The van der Waals surface area contributed by atoms with Gasteiger partial charge in [0.15, 0.2) is 0 Å². The Hall–Kier alpha value is -1.49. The van der Waals surface area contributed by atoms with Crippen LogP contribution in [-0.4, -0.2) is 29.8 Å². The van der Waals surface area contributed by atoms with Crippen molar-refractivity contribution in [3.05, 3.63) is 23.4 Å². The molecule has 18 heavy (non-hydrogen) atoms. The van der Waals surface area contributed by atoms with Crippen molar-refractivity contribution in [3.63, 3.8) is 0 Å². The van der Waals surface area contributed by atoms with Crippen LogP contribution in [0.3, 0.4) is 0 Å². The summed E-state index contributed by atoms with van der Waals surface area (Å²) >= 11 is 5.92. The molecule has 1 aromatic rings. The number of rotatable bonds is 4. The molecule has 1 aromatic heterocycles. The van der Waals surface area contributed by atoms with Crippen LogP contribution in [0.4, 0.5) is 10.6 Å². The Morgan fingerprint density at radius 1 is 1.44 bits per heavy atom. The maximum absolute atomic E-state index is 11.3. The number of alkyl carbamates (subject to hydrolysis) is 1. The predicted octanol–water partition coefficient (Wildman–Crippen LogP) is 2.67. The summed E-state index contributed by atoms with van der Waals surface area (Å²) in [6, 6.07) is 3.50. The van der Waals surface area contributed by atoms with Gasteiger partial charge in [-0.15, -0.1) is 0 Å². The van der Waals surface area contributed by atoms with Crippen molar-refractivity contribution < 1.29 is 9.53 Å². The van der Waals surface area contributed by atoms with Gasteiger partial charge < -0.3 is 15.4 Å². The molecule has 0 spiro atoms. The standard InChI is InChI=1S/C12H18ClN3O2/c1-12(2,3)18-11(17)16-8-7-15-10-9(13)5-4-6-14-10/h4-6H,7-8H2,1-3H3,(H,14,15)(H,16,17). The summed E-state index contributed by atoms with van der Waals surface area (Å²) in [5, 5.41) is 6.20. The van der Waals surface area contributed by atoms with E-state index in [-0.39, 0.29) is 0 Å². The van der Waals surface area contributed by atoms with Crippen LogP contribution in [0.1, 0.15) is 20.8 Å². The van der Waals surface area contributed by atoms with E-state index in [1.54, 1.807) is 18.3 Å². The zero-order valence-corrected chi connectivity index (χ0v) is 11.5. The van der Waals surface area contributed by atoms with E-state index in [0.717, 1.165) is 0 Å². The summed E-state index contributed by atoms with van der Waals surface area (Å²) in [6.45, 7) is 6.41. The van der Waals surface area contributed by atoms with Crippen LogP contribution in [0.15, 0.2) is 18.3 Å². The molecule has 0 saturated heterocycles. The third kappa shape index (κ3) is 5.72. The van der Waals surface area contributed by atoms with Crippen molar-refractivity contribution in [2.24, 2.45) is 0 Å². The van der Waals surface area contributed by atoms with Crippen LogP contribution < -0.4 is 10.6 Å². The molecule has 0 radical (unpaired) electrons. The van der Waals surface area contributed by atoms with Gasteiger partial charge in [0, 0.05) is 19.3 Å². The molecule has 2 N–H and O–H groups in total. The molecule has 1 heterocycles. The molecule has 0 aliphatic rings. The van der Waals surface area contributed by atoms with Crippen LogP contribution in [-0.2, 0) is 4.74 Å². The molecule has 6 heteroatoms. The molecule has 0 unspecified atom stereocenters. The van der Waals surface area contributed by atoms with E-state index in [0.29, 0.717) is 23.9 Å². The van der Waals surface area contributed by atoms with Crippen LogP contribution in [0, 0.1) is 0 Å². The number of ether oxygens (including phenoxy) is 1. The van der Waals surface area contributed by atoms with Crippen molar-refractivity contribution in [3.8, 4) is 0 Å². The highest BCUT2D eigenvalue weighted by Crippen LogP contribution is 2.16. The highest BCUT2D eigenvalue weighted by molar-refractivity contribution is 6.32. The topological polar surface area (TPSA) is 63.2 Å². The minimum atomic E-state index is -0.484. The lowest BCUT2D eigenvalue weighted by atomic mass is 10.2. The molecular formula is C12H18ClN3O2. The average Bonchev–Trinajstić information content (AvgIpc) is 2.24. The quantitative estimate of drug-likeness (QED) is 0.827. The first kappa shape index (κ1) is 14.6. The van der Waals surface area contributed by atoms with Crippen molar-refractivity contribution in [1.82, 2.24) is 10.3 Å². The minimum absolute atomic E-state index is 0.432. The van der Waals surface area contributed by atoms with E-state index in [4.69, 9.17) is 16.3 Å². The summed E-state index contributed by atoms with van der Waals surface area (Å²) in [5.74, 6) is 0.602. The second kappa shape index (κ2) is 6.44. The highest BCUT2D eigenvalue weighted by Gasteiger charge is 2.15. The molecule has 5 nitrogen and oxygen atoms in total. The number of anilines is 1. The fourth-order valence-corrected chi connectivity index (χ4v) is 1.36. The summed E-state index contributed by atoms with van der Waals surface area (Å²) in [6.07, 6.45) is 1.21. The van der Waals surface area contributed by atoms with Gasteiger partial charge >= 0.3 is 6.09 Å². The van der Waals surface area contributed by atoms with Gasteiger partial charge in [0.25, 0.3) is 0 Å². The zero-order chi connectivity index (χ0) is 13.6. The lowest BCUT2D eigenvalue weighted by Crippen LogP contribution is -2.35. The molecule has 0 atom stereocenters. The largest absolute Gasteiger partial charge is 0.444 e. The van der Waals surface area contributed by atoms with Gasteiger partial charge in [-0.2, -0.15) is 0 Å². The number of pyridine rings is 1. The van der Waals surface area contributed by atoms with E-state index in [1.807, 2.05) is 20.8 Å². The molecular weight excluding hydrogens is 254 g/mol. The van der Waals surface area contributed by atoms with Gasteiger partial charge in [0.2, 0.25) is 0 Å². The number of nitrogens with one attached hydrogen (secondary N) is 2. The Balaban J connectivity index is 2.23. The number of halogens is 1. The zero-order valence-electron chi connectivity index (χ0n) is 10.8. The van der Waals surface area contributed by atoms with Crippen LogP contribution >= 0.6 is 11.6 Å². The van der Waals surface area contributed by atoms with Crippen molar-refractivity contribution in [2.45, 2.75) is 26.4 Å². The molecule has 1 rings (SSSR count). The minimum Gasteiger partial charge on any atom is -0.444 e. The maximum Gasteiger partial charge on any atom is 0.407 e. The SMILES string of the molecule is CC(C)(C)OC(=O)NCCNc1ncccc1Cl. The van der Waals surface area contributed by atoms with Gasteiger partial charge in [-0.05, 0) is 32.9 Å². The third-order valence-corrected chi connectivity index (χ3v) is 2.15. The Morgan fingerprint density at radius 3 is 2.78 bits per heavy atom. The molecule has 0 fully saturated rings. The van der Waals surface area contributed by atoms with E-state index in [1.165, 1.54) is 0 Å². The molecule has 0 aliphatic carbocycles. The molecule has 100 valence electrons. The number of aromatic nitrogens is 1. The number of nitrogens with zero attached hydrogens (tertiary/aromatic N) is 1. The first-order chi connectivity index (χ1) is 8.38. The Kier molecular flexibility index (Phi) is 5.22. The Bertz CT molecular complexity index is 405. The van der Waals surface area contributed by atoms with Gasteiger partial charge in [0.05, 0.1) is 5.02 Å². The third-order valence-electron chi connectivity index (χ3n) is 1.84. The predicted molar refractivity (Wildman–Crippen MR) is 72.0 cm³/mol. The smallest absolute Gasteiger partial charge is 0.407 e. The van der Waals surface area contributed by atoms with E-state index in [2.05, 4.69) is 15.6 Å². The van der Waals surface area contributed by atoms with Gasteiger partial charge in [-0.3, -0.25) is 0 Å². The van der Waals surface area contributed by atoms with Crippen molar-refractivity contribution >= 4 is 23.5 Å². The number of carbonyl (C=O) groups is 1. The fourth-order valence-electron chi connectivity index (χ4n) is 1.18. The normalized spacial score (nSPS) is 10.9. The van der Waals surface area contributed by atoms with Crippen molar-refractivity contribution in [1.29, 1.82) is 0 Å². The van der Waals surface area contributed by atoms with Crippen LogP contribution in [0.25, 0.3) is 0 Å². The summed E-state index contributed by atoms with van der Waals surface area (Å²) in [4.78, 5) is 15.4. The van der Waals surface area contributed by atoms with E-state index >= 15 is 0 Å². The maximum atomic E-state index is 11.3. The van der Waals surface area contributed by atoms with Gasteiger partial charge in [0.1, 0.15) is 11.4 Å². The molecule has 0 saturated carbocycles. The fraction of sp³-hybridized carbons (Fsp3) is 0.500. The molecule has 1 amide bonds. The van der Waals surface area contributed by atoms with Crippen molar-refractivity contribution in [2.75, 3.05) is 18.4 Å². The first-order valence-corrected chi connectivity index (χ1v) is 6.07. The second-order valence-corrected chi connectivity index (χ2v) is 5.10. The van der Waals surface area contributed by atoms with E-state index < -0.39 is 11.7 Å². The summed E-state index contributed by atoms with van der Waals surface area (Å²) in [7, 11) is 0. The van der Waals surface area contributed by atoms with E-state index in [9.17, 15) is 4.79 Å². The number of carbonyl (C=O) groups excluding carboxylic acids is 1. The Morgan fingerprint density at radius 2 is 2.17 bits per heavy atom. The number of amides is 1. The molecule has 0 aromatic carbocycles. The van der Waals surface area contributed by atoms with Crippen LogP contribution in [0.2, 0.25) is 5.02 Å². The van der Waals surface area contributed by atoms with Gasteiger partial charge in [-0.1, -0.05) is 11.6 Å². The summed E-state index contributed by atoms with van der Waals surface area (Å²) < 4.78 is 5.09. The summed E-state index contributed by atoms with van der Waals surface area (Å²) in [5.41, 5.74) is -0.484. The first-order valence-electron chi connectivity index (χ1n) is 5.70. The van der Waals surface area contributed by atoms with Crippen LogP contribution in [0.5, 0.6) is 0 Å². The second-order valence-electron chi connectivity index (χ2n) is 4.69. The monoisotopic (exact) mass is 271 g/mol.